The highest BCUT2D eigenvalue weighted by molar-refractivity contribution is 5.77. The second kappa shape index (κ2) is 5.22. The molecule has 2 saturated carbocycles. The predicted molar refractivity (Wildman–Crippen MR) is 73.2 cm³/mol. The molecule has 3 atom stereocenters. The van der Waals surface area contributed by atoms with Gasteiger partial charge in [0.2, 0.25) is 5.91 Å². The van der Waals surface area contributed by atoms with Crippen LogP contribution in [0, 0.1) is 11.8 Å². The summed E-state index contributed by atoms with van der Waals surface area (Å²) in [7, 11) is 0. The molecule has 1 aliphatic heterocycles. The molecule has 0 radical (unpaired) electrons. The molecule has 1 heterocycles. The number of carbonyl (C=O) groups is 1. The van der Waals surface area contributed by atoms with Crippen LogP contribution in [0.4, 0.5) is 0 Å². The average Bonchev–Trinajstić information content (AvgIpc) is 2.94. The molecule has 2 aliphatic carbocycles. The summed E-state index contributed by atoms with van der Waals surface area (Å²) in [6, 6.07) is 1.11. The fraction of sp³-hybridized carbons (Fsp3) is 0.938. The van der Waals surface area contributed by atoms with Crippen LogP contribution in [0.5, 0.6) is 0 Å². The van der Waals surface area contributed by atoms with Crippen molar-refractivity contribution in [2.24, 2.45) is 11.8 Å². The zero-order valence-electron chi connectivity index (χ0n) is 11.7. The van der Waals surface area contributed by atoms with E-state index in [9.17, 15) is 4.79 Å². The van der Waals surface area contributed by atoms with Gasteiger partial charge in [-0.3, -0.25) is 4.79 Å². The van der Waals surface area contributed by atoms with Gasteiger partial charge < -0.3 is 4.90 Å². The molecule has 0 N–H and O–H groups in total. The minimum absolute atomic E-state index is 0.476. The van der Waals surface area contributed by atoms with E-state index < -0.39 is 0 Å². The SMILES string of the molecule is C[C@@H]1C[C@H]2CCCC[C@@H]2N1C(=O)CC1CCCC1. The summed E-state index contributed by atoms with van der Waals surface area (Å²) in [5.41, 5.74) is 0. The average molecular weight is 249 g/mol. The van der Waals surface area contributed by atoms with Crippen LogP contribution in [-0.2, 0) is 4.79 Å². The fourth-order valence-corrected chi connectivity index (χ4v) is 4.71. The van der Waals surface area contributed by atoms with E-state index in [1.165, 1.54) is 57.8 Å². The highest BCUT2D eigenvalue weighted by Crippen LogP contribution is 2.40. The van der Waals surface area contributed by atoms with Crippen LogP contribution in [0.3, 0.4) is 0 Å². The molecule has 0 aromatic rings. The van der Waals surface area contributed by atoms with Gasteiger partial charge >= 0.3 is 0 Å². The zero-order chi connectivity index (χ0) is 12.5. The smallest absolute Gasteiger partial charge is 0.223 e. The molecule has 0 bridgehead atoms. The van der Waals surface area contributed by atoms with E-state index in [1.54, 1.807) is 0 Å². The Hall–Kier alpha value is -0.530. The van der Waals surface area contributed by atoms with Crippen molar-refractivity contribution in [3.05, 3.63) is 0 Å². The summed E-state index contributed by atoms with van der Waals surface area (Å²) in [6.07, 6.45) is 12.7. The third kappa shape index (κ3) is 2.31. The molecule has 18 heavy (non-hydrogen) atoms. The molecule has 0 aromatic carbocycles. The number of rotatable bonds is 2. The molecular weight excluding hydrogens is 222 g/mol. The molecule has 1 saturated heterocycles. The number of nitrogens with zero attached hydrogens (tertiary/aromatic N) is 1. The summed E-state index contributed by atoms with van der Waals surface area (Å²) >= 11 is 0. The van der Waals surface area contributed by atoms with Gasteiger partial charge in [-0.05, 0) is 50.9 Å². The van der Waals surface area contributed by atoms with Gasteiger partial charge in [-0.25, -0.2) is 0 Å². The van der Waals surface area contributed by atoms with Crippen LogP contribution in [0.1, 0.15) is 71.1 Å². The number of likely N-dealkylation sites (tertiary alicyclic amines) is 1. The predicted octanol–water partition coefficient (Wildman–Crippen LogP) is 3.75. The highest BCUT2D eigenvalue weighted by atomic mass is 16.2. The number of amides is 1. The first kappa shape index (κ1) is 12.5. The van der Waals surface area contributed by atoms with Crippen molar-refractivity contribution in [2.45, 2.75) is 83.2 Å². The van der Waals surface area contributed by atoms with Crippen molar-refractivity contribution in [1.29, 1.82) is 0 Å². The molecule has 3 aliphatic rings. The maximum atomic E-state index is 12.6. The van der Waals surface area contributed by atoms with Crippen molar-refractivity contribution in [1.82, 2.24) is 4.90 Å². The van der Waals surface area contributed by atoms with Crippen molar-refractivity contribution < 1.29 is 4.79 Å². The Labute approximate surface area is 111 Å². The quantitative estimate of drug-likeness (QED) is 0.730. The van der Waals surface area contributed by atoms with Crippen molar-refractivity contribution in [3.8, 4) is 0 Å². The highest BCUT2D eigenvalue weighted by Gasteiger charge is 2.42. The fourth-order valence-electron chi connectivity index (χ4n) is 4.71. The lowest BCUT2D eigenvalue weighted by Crippen LogP contribution is -2.42. The molecule has 0 spiro atoms. The van der Waals surface area contributed by atoms with Gasteiger partial charge in [0.05, 0.1) is 0 Å². The lowest BCUT2D eigenvalue weighted by atomic mass is 9.84. The standard InChI is InChI=1S/C16H27NO/c1-12-10-14-8-4-5-9-15(14)17(12)16(18)11-13-6-2-3-7-13/h12-15H,2-11H2,1H3/t12-,14-,15+/m1/s1. The van der Waals surface area contributed by atoms with Gasteiger partial charge in [0.15, 0.2) is 0 Å². The van der Waals surface area contributed by atoms with E-state index in [4.69, 9.17) is 0 Å². The molecule has 3 fully saturated rings. The van der Waals surface area contributed by atoms with Crippen LogP contribution >= 0.6 is 0 Å². The second-order valence-corrected chi connectivity index (χ2v) is 6.85. The first-order chi connectivity index (χ1) is 8.75. The van der Waals surface area contributed by atoms with Crippen molar-refractivity contribution in [2.75, 3.05) is 0 Å². The Bertz CT molecular complexity index is 308. The van der Waals surface area contributed by atoms with Gasteiger partial charge in [0, 0.05) is 18.5 Å². The van der Waals surface area contributed by atoms with Gasteiger partial charge in [0.1, 0.15) is 0 Å². The van der Waals surface area contributed by atoms with Gasteiger partial charge in [-0.15, -0.1) is 0 Å². The molecule has 3 rings (SSSR count). The Balaban J connectivity index is 1.64. The summed E-state index contributed by atoms with van der Waals surface area (Å²) in [5, 5.41) is 0. The van der Waals surface area contributed by atoms with Crippen LogP contribution in [0.2, 0.25) is 0 Å². The summed E-state index contributed by atoms with van der Waals surface area (Å²) in [6.45, 7) is 2.27. The normalized spacial score (nSPS) is 36.9. The van der Waals surface area contributed by atoms with E-state index in [0.29, 0.717) is 23.9 Å². The van der Waals surface area contributed by atoms with Gasteiger partial charge in [0.25, 0.3) is 0 Å². The van der Waals surface area contributed by atoms with Crippen LogP contribution in [0.15, 0.2) is 0 Å². The monoisotopic (exact) mass is 249 g/mol. The van der Waals surface area contributed by atoms with E-state index in [1.807, 2.05) is 0 Å². The lowest BCUT2D eigenvalue weighted by molar-refractivity contribution is -0.135. The van der Waals surface area contributed by atoms with E-state index >= 15 is 0 Å². The van der Waals surface area contributed by atoms with Gasteiger partial charge in [-0.2, -0.15) is 0 Å². The number of fused-ring (bicyclic) bond motifs is 1. The lowest BCUT2D eigenvalue weighted by Gasteiger charge is -2.34. The van der Waals surface area contributed by atoms with Crippen molar-refractivity contribution in [3.63, 3.8) is 0 Å². The molecule has 2 heteroatoms. The van der Waals surface area contributed by atoms with Crippen molar-refractivity contribution >= 4 is 5.91 Å². The van der Waals surface area contributed by atoms with E-state index in [0.717, 1.165) is 12.3 Å². The summed E-state index contributed by atoms with van der Waals surface area (Å²) in [4.78, 5) is 14.9. The number of hydrogen-bond donors (Lipinski definition) is 0. The topological polar surface area (TPSA) is 20.3 Å². The second-order valence-electron chi connectivity index (χ2n) is 6.85. The Morgan fingerprint density at radius 1 is 1.06 bits per heavy atom. The molecule has 102 valence electrons. The Morgan fingerprint density at radius 3 is 2.50 bits per heavy atom. The minimum atomic E-state index is 0.476. The van der Waals surface area contributed by atoms with Crippen LogP contribution in [-0.4, -0.2) is 22.9 Å². The minimum Gasteiger partial charge on any atom is -0.337 e. The molecule has 0 aromatic heterocycles. The molecule has 0 unspecified atom stereocenters. The largest absolute Gasteiger partial charge is 0.337 e. The molecule has 1 amide bonds. The maximum absolute atomic E-state index is 12.6. The van der Waals surface area contributed by atoms with Crippen LogP contribution < -0.4 is 0 Å². The van der Waals surface area contributed by atoms with E-state index in [-0.39, 0.29) is 0 Å². The molecule has 2 nitrogen and oxygen atoms in total. The zero-order valence-corrected chi connectivity index (χ0v) is 11.7. The first-order valence-corrected chi connectivity index (χ1v) is 8.07. The third-order valence-electron chi connectivity index (χ3n) is 5.57. The Kier molecular flexibility index (Phi) is 3.63. The first-order valence-electron chi connectivity index (χ1n) is 8.07. The number of carbonyl (C=O) groups excluding carboxylic acids is 1. The summed E-state index contributed by atoms with van der Waals surface area (Å²) in [5.74, 6) is 2.00. The maximum Gasteiger partial charge on any atom is 0.223 e. The van der Waals surface area contributed by atoms with Gasteiger partial charge in [-0.1, -0.05) is 25.7 Å². The summed E-state index contributed by atoms with van der Waals surface area (Å²) < 4.78 is 0. The third-order valence-corrected chi connectivity index (χ3v) is 5.57. The van der Waals surface area contributed by atoms with E-state index in [2.05, 4.69) is 11.8 Å². The number of hydrogen-bond acceptors (Lipinski definition) is 1. The van der Waals surface area contributed by atoms with Crippen LogP contribution in [0.25, 0.3) is 0 Å². The molecular formula is C16H27NO. The Morgan fingerprint density at radius 2 is 1.72 bits per heavy atom.